The fourth-order valence-electron chi connectivity index (χ4n) is 2.18. The number of methoxy groups -OCH3 is 1. The highest BCUT2D eigenvalue weighted by atomic mass is 16.5. The zero-order valence-corrected chi connectivity index (χ0v) is 13.4. The standard InChI is InChI=1S/C10H13N5O3.C2H6O.CH4O/c11-10-13-8-7(9(17)14-10)12-4-15(8)6-2-1-5(3-16)18-6;1-3-2;1-2/h4-6,16H,1-3H2,(H3,11,13,14,17);1-2H3;2H,1H3. The number of nitrogens with one attached hydrogen (secondary N) is 1. The molecule has 0 spiro atoms. The minimum absolute atomic E-state index is 0.0146. The van der Waals surface area contributed by atoms with E-state index < -0.39 is 0 Å². The molecule has 1 saturated heterocycles. The van der Waals surface area contributed by atoms with Crippen molar-refractivity contribution in [3.05, 3.63) is 16.7 Å². The van der Waals surface area contributed by atoms with Crippen molar-refractivity contribution in [2.75, 3.05) is 33.7 Å². The Morgan fingerprint density at radius 2 is 2.13 bits per heavy atom. The number of nitrogen functional groups attached to an aromatic ring is 1. The molecule has 2 aromatic heterocycles. The molecule has 1 fully saturated rings. The molecule has 0 bridgehead atoms. The van der Waals surface area contributed by atoms with Crippen molar-refractivity contribution >= 4 is 17.1 Å². The van der Waals surface area contributed by atoms with Crippen molar-refractivity contribution in [2.24, 2.45) is 0 Å². The van der Waals surface area contributed by atoms with E-state index in [2.05, 4.69) is 19.7 Å². The number of hydrogen-bond donors (Lipinski definition) is 4. The number of aliphatic hydroxyl groups is 2. The number of H-pyrrole nitrogens is 1. The highest BCUT2D eigenvalue weighted by molar-refractivity contribution is 5.70. The molecule has 0 aromatic carbocycles. The molecule has 2 atom stereocenters. The number of aliphatic hydroxyl groups excluding tert-OH is 2. The summed E-state index contributed by atoms with van der Waals surface area (Å²) in [6.07, 6.45) is 2.58. The Morgan fingerprint density at radius 1 is 1.48 bits per heavy atom. The number of fused-ring (bicyclic) bond motifs is 1. The van der Waals surface area contributed by atoms with Crippen molar-refractivity contribution in [1.82, 2.24) is 19.5 Å². The average molecular weight is 329 g/mol. The monoisotopic (exact) mass is 329 g/mol. The largest absolute Gasteiger partial charge is 0.400 e. The first-order valence-electron chi connectivity index (χ1n) is 6.94. The lowest BCUT2D eigenvalue weighted by Crippen LogP contribution is -2.16. The third-order valence-electron chi connectivity index (χ3n) is 3.05. The van der Waals surface area contributed by atoms with Gasteiger partial charge in [-0.05, 0) is 12.8 Å². The Bertz CT molecular complexity index is 656. The Morgan fingerprint density at radius 3 is 2.70 bits per heavy atom. The van der Waals surface area contributed by atoms with Crippen molar-refractivity contribution in [1.29, 1.82) is 0 Å². The van der Waals surface area contributed by atoms with Crippen molar-refractivity contribution in [2.45, 2.75) is 25.2 Å². The SMILES string of the molecule is CO.COC.Nc1nc2c(ncn2C2CCC(CO)O2)c(=O)[nH]1. The topological polar surface area (TPSA) is 149 Å². The molecule has 130 valence electrons. The molecule has 10 nitrogen and oxygen atoms in total. The maximum absolute atomic E-state index is 11.6. The van der Waals surface area contributed by atoms with Gasteiger partial charge in [-0.25, -0.2) is 4.98 Å². The van der Waals surface area contributed by atoms with Crippen LogP contribution in [0.2, 0.25) is 0 Å². The second-order valence-electron chi connectivity index (χ2n) is 4.66. The van der Waals surface area contributed by atoms with Crippen LogP contribution in [0.1, 0.15) is 19.1 Å². The Labute approximate surface area is 132 Å². The molecular weight excluding hydrogens is 306 g/mol. The molecule has 5 N–H and O–H groups in total. The van der Waals surface area contributed by atoms with E-state index in [0.29, 0.717) is 5.65 Å². The molecule has 0 amide bonds. The van der Waals surface area contributed by atoms with Gasteiger partial charge in [0.05, 0.1) is 19.0 Å². The van der Waals surface area contributed by atoms with Crippen LogP contribution < -0.4 is 11.3 Å². The van der Waals surface area contributed by atoms with Gasteiger partial charge in [0, 0.05) is 21.3 Å². The van der Waals surface area contributed by atoms with Crippen molar-refractivity contribution in [3.8, 4) is 0 Å². The maximum atomic E-state index is 11.6. The van der Waals surface area contributed by atoms with Gasteiger partial charge < -0.3 is 25.4 Å². The molecule has 1 aliphatic heterocycles. The predicted molar refractivity (Wildman–Crippen MR) is 83.9 cm³/mol. The van der Waals surface area contributed by atoms with Crippen LogP contribution in [0.4, 0.5) is 5.95 Å². The Balaban J connectivity index is 0.000000477. The highest BCUT2D eigenvalue weighted by Gasteiger charge is 2.27. The van der Waals surface area contributed by atoms with Crippen LogP contribution in [0.15, 0.2) is 11.1 Å². The van der Waals surface area contributed by atoms with Crippen LogP contribution in [-0.2, 0) is 9.47 Å². The second kappa shape index (κ2) is 9.20. The smallest absolute Gasteiger partial charge is 0.280 e. The predicted octanol–water partition coefficient (Wildman–Crippen LogP) is -0.757. The lowest BCUT2D eigenvalue weighted by Gasteiger charge is -2.13. The van der Waals surface area contributed by atoms with E-state index in [-0.39, 0.29) is 36.0 Å². The van der Waals surface area contributed by atoms with Gasteiger partial charge in [-0.3, -0.25) is 14.3 Å². The van der Waals surface area contributed by atoms with E-state index in [0.717, 1.165) is 20.0 Å². The second-order valence-corrected chi connectivity index (χ2v) is 4.66. The molecule has 0 saturated carbocycles. The Hall–Kier alpha value is -2.01. The number of aromatic amines is 1. The molecule has 2 aromatic rings. The molecule has 10 heteroatoms. The van der Waals surface area contributed by atoms with Crippen LogP contribution >= 0.6 is 0 Å². The summed E-state index contributed by atoms with van der Waals surface area (Å²) in [5.41, 5.74) is 5.79. The number of aromatic nitrogens is 4. The van der Waals surface area contributed by atoms with Crippen LogP contribution in [0.5, 0.6) is 0 Å². The number of nitrogens with zero attached hydrogens (tertiary/aromatic N) is 3. The molecule has 23 heavy (non-hydrogen) atoms. The van der Waals surface area contributed by atoms with Crippen molar-refractivity contribution in [3.63, 3.8) is 0 Å². The van der Waals surface area contributed by atoms with Gasteiger partial charge in [0.15, 0.2) is 11.2 Å². The van der Waals surface area contributed by atoms with E-state index in [1.54, 1.807) is 18.8 Å². The summed E-state index contributed by atoms with van der Waals surface area (Å²) in [4.78, 5) is 22.1. The van der Waals surface area contributed by atoms with Gasteiger partial charge in [-0.2, -0.15) is 4.98 Å². The molecule has 3 rings (SSSR count). The first-order chi connectivity index (χ1) is 11.1. The zero-order valence-electron chi connectivity index (χ0n) is 13.4. The summed E-state index contributed by atoms with van der Waals surface area (Å²) in [7, 11) is 4.25. The number of rotatable bonds is 2. The van der Waals surface area contributed by atoms with Gasteiger partial charge in [-0.15, -0.1) is 0 Å². The summed E-state index contributed by atoms with van der Waals surface area (Å²) in [6.45, 7) is -0.0146. The Kier molecular flexibility index (Phi) is 7.62. The lowest BCUT2D eigenvalue weighted by molar-refractivity contribution is -0.0207. The average Bonchev–Trinajstić information content (AvgIpc) is 3.16. The number of hydrogen-bond acceptors (Lipinski definition) is 8. The molecular formula is C13H23N5O5. The van der Waals surface area contributed by atoms with Gasteiger partial charge in [0.25, 0.3) is 5.56 Å². The summed E-state index contributed by atoms with van der Waals surface area (Å²) in [6, 6.07) is 0. The van der Waals surface area contributed by atoms with Crippen LogP contribution in [0.3, 0.4) is 0 Å². The van der Waals surface area contributed by atoms with Gasteiger partial charge >= 0.3 is 0 Å². The zero-order chi connectivity index (χ0) is 17.4. The first kappa shape index (κ1) is 19.0. The maximum Gasteiger partial charge on any atom is 0.280 e. The quantitative estimate of drug-likeness (QED) is 0.562. The third kappa shape index (κ3) is 4.48. The van der Waals surface area contributed by atoms with Gasteiger partial charge in [0.2, 0.25) is 5.95 Å². The molecule has 3 heterocycles. The lowest BCUT2D eigenvalue weighted by atomic mass is 10.2. The van der Waals surface area contributed by atoms with Gasteiger partial charge in [0.1, 0.15) is 6.23 Å². The molecule has 0 aliphatic carbocycles. The van der Waals surface area contributed by atoms with Crippen LogP contribution in [0, 0.1) is 0 Å². The molecule has 1 aliphatic rings. The van der Waals surface area contributed by atoms with E-state index in [9.17, 15) is 4.79 Å². The van der Waals surface area contributed by atoms with Gasteiger partial charge in [-0.1, -0.05) is 0 Å². The van der Waals surface area contributed by atoms with E-state index in [1.165, 1.54) is 6.33 Å². The van der Waals surface area contributed by atoms with Crippen LogP contribution in [0.25, 0.3) is 11.2 Å². The summed E-state index contributed by atoms with van der Waals surface area (Å²) in [5, 5.41) is 16.0. The van der Waals surface area contributed by atoms with E-state index in [1.807, 2.05) is 0 Å². The van der Waals surface area contributed by atoms with E-state index >= 15 is 0 Å². The molecule has 0 radical (unpaired) electrons. The summed E-state index contributed by atoms with van der Waals surface area (Å²) < 4.78 is 11.5. The summed E-state index contributed by atoms with van der Waals surface area (Å²) in [5.74, 6) is 0.0472. The fourth-order valence-corrected chi connectivity index (χ4v) is 2.18. The number of ether oxygens (including phenoxy) is 2. The fraction of sp³-hybridized carbons (Fsp3) is 0.615. The van der Waals surface area contributed by atoms with Crippen molar-refractivity contribution < 1.29 is 19.7 Å². The third-order valence-corrected chi connectivity index (χ3v) is 3.05. The number of imidazole rings is 1. The summed E-state index contributed by atoms with van der Waals surface area (Å²) >= 11 is 0. The van der Waals surface area contributed by atoms with Crippen LogP contribution in [-0.4, -0.2) is 63.8 Å². The minimum Gasteiger partial charge on any atom is -0.400 e. The minimum atomic E-state index is -0.368. The normalized spacial score (nSPS) is 19.7. The molecule has 2 unspecified atom stereocenters. The first-order valence-corrected chi connectivity index (χ1v) is 6.94. The number of anilines is 1. The van der Waals surface area contributed by atoms with E-state index in [4.69, 9.17) is 20.7 Å². The highest BCUT2D eigenvalue weighted by Crippen LogP contribution is 2.29. The number of nitrogens with two attached hydrogens (primary N) is 1.